The van der Waals surface area contributed by atoms with Crippen molar-refractivity contribution in [3.05, 3.63) is 42.0 Å². The van der Waals surface area contributed by atoms with Crippen LogP contribution in [-0.2, 0) is 11.2 Å². The number of ether oxygens (including phenoxy) is 1. The normalized spacial score (nSPS) is 12.3. The second-order valence-corrected chi connectivity index (χ2v) is 4.12. The van der Waals surface area contributed by atoms with Gasteiger partial charge in [-0.25, -0.2) is 0 Å². The first-order valence-corrected chi connectivity index (χ1v) is 5.66. The van der Waals surface area contributed by atoms with Crippen LogP contribution >= 0.6 is 0 Å². The Morgan fingerprint density at radius 2 is 2.06 bits per heavy atom. The first kappa shape index (κ1) is 12.4. The van der Waals surface area contributed by atoms with Crippen LogP contribution in [0.1, 0.15) is 5.56 Å². The summed E-state index contributed by atoms with van der Waals surface area (Å²) in [6.45, 7) is 0. The summed E-state index contributed by atoms with van der Waals surface area (Å²) >= 11 is 0. The molecule has 0 aliphatic heterocycles. The van der Waals surface area contributed by atoms with Crippen molar-refractivity contribution in [2.45, 2.75) is 12.5 Å². The summed E-state index contributed by atoms with van der Waals surface area (Å²) in [5.41, 5.74) is 6.45. The number of benzene rings is 2. The van der Waals surface area contributed by atoms with E-state index in [0.717, 1.165) is 16.3 Å². The van der Waals surface area contributed by atoms with E-state index >= 15 is 0 Å². The maximum Gasteiger partial charge on any atom is 0.320 e. The van der Waals surface area contributed by atoms with Gasteiger partial charge in [-0.1, -0.05) is 30.3 Å². The van der Waals surface area contributed by atoms with E-state index in [4.69, 9.17) is 15.6 Å². The molecule has 0 aromatic heterocycles. The van der Waals surface area contributed by atoms with Gasteiger partial charge in [0.05, 0.1) is 7.11 Å². The molecule has 94 valence electrons. The van der Waals surface area contributed by atoms with Gasteiger partial charge in [0.1, 0.15) is 11.8 Å². The summed E-state index contributed by atoms with van der Waals surface area (Å²) in [7, 11) is 1.57. The maximum absolute atomic E-state index is 10.9. The third-order valence-electron chi connectivity index (χ3n) is 2.96. The third-order valence-corrected chi connectivity index (χ3v) is 2.96. The van der Waals surface area contributed by atoms with Gasteiger partial charge in [0, 0.05) is 12.0 Å². The minimum absolute atomic E-state index is 0.250. The molecule has 0 aliphatic carbocycles. The Kier molecular flexibility index (Phi) is 3.48. The first-order valence-electron chi connectivity index (χ1n) is 5.66. The maximum atomic E-state index is 10.9. The molecule has 0 bridgehead atoms. The number of methoxy groups -OCH3 is 1. The summed E-state index contributed by atoms with van der Waals surface area (Å²) in [5, 5.41) is 10.9. The van der Waals surface area contributed by atoms with Gasteiger partial charge in [-0.2, -0.15) is 0 Å². The number of nitrogens with two attached hydrogens (primary N) is 1. The zero-order chi connectivity index (χ0) is 13.1. The van der Waals surface area contributed by atoms with Crippen molar-refractivity contribution >= 4 is 16.7 Å². The zero-order valence-corrected chi connectivity index (χ0v) is 10.1. The highest BCUT2D eigenvalue weighted by Crippen LogP contribution is 2.28. The number of carboxylic acid groups (broad SMARTS) is 1. The molecular weight excluding hydrogens is 230 g/mol. The van der Waals surface area contributed by atoms with Gasteiger partial charge < -0.3 is 15.6 Å². The predicted octanol–water partition coefficient (Wildman–Crippen LogP) is 1.80. The number of carbonyl (C=O) groups is 1. The molecular formula is C14H15NO3. The van der Waals surface area contributed by atoms with E-state index in [0.29, 0.717) is 5.75 Å². The van der Waals surface area contributed by atoms with Crippen LogP contribution < -0.4 is 10.5 Å². The van der Waals surface area contributed by atoms with Gasteiger partial charge in [-0.3, -0.25) is 4.79 Å². The van der Waals surface area contributed by atoms with Crippen LogP contribution in [0.15, 0.2) is 36.4 Å². The van der Waals surface area contributed by atoms with E-state index in [1.807, 2.05) is 36.4 Å². The molecule has 1 atom stereocenters. The first-order chi connectivity index (χ1) is 8.63. The quantitative estimate of drug-likeness (QED) is 0.861. The van der Waals surface area contributed by atoms with Crippen LogP contribution in [0, 0.1) is 0 Å². The van der Waals surface area contributed by atoms with Crippen LogP contribution in [0.2, 0.25) is 0 Å². The molecule has 0 aliphatic rings. The smallest absolute Gasteiger partial charge is 0.320 e. The molecule has 0 radical (unpaired) electrons. The fourth-order valence-corrected chi connectivity index (χ4v) is 2.02. The van der Waals surface area contributed by atoms with Crippen molar-refractivity contribution in [1.82, 2.24) is 0 Å². The summed E-state index contributed by atoms with van der Waals surface area (Å²) in [6, 6.07) is 10.6. The Balaban J connectivity index is 2.54. The second kappa shape index (κ2) is 5.06. The van der Waals surface area contributed by atoms with Crippen LogP contribution in [0.3, 0.4) is 0 Å². The van der Waals surface area contributed by atoms with Crippen LogP contribution in [-0.4, -0.2) is 24.2 Å². The average molecular weight is 245 g/mol. The minimum atomic E-state index is -1.01. The predicted molar refractivity (Wildman–Crippen MR) is 69.8 cm³/mol. The van der Waals surface area contributed by atoms with Gasteiger partial charge in [0.2, 0.25) is 0 Å². The Hall–Kier alpha value is -2.07. The lowest BCUT2D eigenvalue weighted by molar-refractivity contribution is -0.138. The summed E-state index contributed by atoms with van der Waals surface area (Å²) in [6.07, 6.45) is 0.250. The molecule has 0 spiro atoms. The number of rotatable bonds is 4. The molecule has 4 nitrogen and oxygen atoms in total. The minimum Gasteiger partial charge on any atom is -0.496 e. The lowest BCUT2D eigenvalue weighted by Crippen LogP contribution is -2.32. The van der Waals surface area contributed by atoms with Gasteiger partial charge in [0.25, 0.3) is 0 Å². The SMILES string of the molecule is COc1ccc2ccccc2c1C[C@@H](N)C(=O)O. The van der Waals surface area contributed by atoms with E-state index < -0.39 is 12.0 Å². The largest absolute Gasteiger partial charge is 0.496 e. The lowest BCUT2D eigenvalue weighted by atomic mass is 9.98. The van der Waals surface area contributed by atoms with E-state index in [9.17, 15) is 4.79 Å². The highest BCUT2D eigenvalue weighted by Gasteiger charge is 2.17. The number of fused-ring (bicyclic) bond motifs is 1. The summed E-state index contributed by atoms with van der Waals surface area (Å²) < 4.78 is 5.29. The highest BCUT2D eigenvalue weighted by atomic mass is 16.5. The molecule has 0 saturated heterocycles. The molecule has 2 rings (SSSR count). The van der Waals surface area contributed by atoms with Crippen molar-refractivity contribution in [2.75, 3.05) is 7.11 Å². The van der Waals surface area contributed by atoms with Crippen molar-refractivity contribution in [3.8, 4) is 5.75 Å². The van der Waals surface area contributed by atoms with Gasteiger partial charge in [-0.05, 0) is 16.8 Å². The van der Waals surface area contributed by atoms with Crippen LogP contribution in [0.5, 0.6) is 5.75 Å². The molecule has 2 aromatic carbocycles. The van der Waals surface area contributed by atoms with Crippen LogP contribution in [0.25, 0.3) is 10.8 Å². The fraction of sp³-hybridized carbons (Fsp3) is 0.214. The Morgan fingerprint density at radius 3 is 2.72 bits per heavy atom. The molecule has 3 N–H and O–H groups in total. The lowest BCUT2D eigenvalue weighted by Gasteiger charge is -2.14. The Bertz CT molecular complexity index is 580. The molecule has 18 heavy (non-hydrogen) atoms. The van der Waals surface area contributed by atoms with Crippen molar-refractivity contribution < 1.29 is 14.6 Å². The zero-order valence-electron chi connectivity index (χ0n) is 10.1. The molecule has 0 saturated carbocycles. The van der Waals surface area contributed by atoms with Gasteiger partial charge >= 0.3 is 5.97 Å². The average Bonchev–Trinajstić information content (AvgIpc) is 2.39. The fourth-order valence-electron chi connectivity index (χ4n) is 2.02. The van der Waals surface area contributed by atoms with Crippen molar-refractivity contribution in [1.29, 1.82) is 0 Å². The molecule has 0 amide bonds. The van der Waals surface area contributed by atoms with E-state index in [1.165, 1.54) is 0 Å². The van der Waals surface area contributed by atoms with Crippen molar-refractivity contribution in [2.24, 2.45) is 5.73 Å². The molecule has 0 heterocycles. The monoisotopic (exact) mass is 245 g/mol. The standard InChI is InChI=1S/C14H15NO3/c1-18-13-7-6-9-4-2-3-5-10(9)11(13)8-12(15)14(16)17/h2-7,12H,8,15H2,1H3,(H,16,17)/t12-/m1/s1. The Labute approximate surface area is 105 Å². The summed E-state index contributed by atoms with van der Waals surface area (Å²) in [4.78, 5) is 10.9. The van der Waals surface area contributed by atoms with E-state index in [-0.39, 0.29) is 6.42 Å². The third kappa shape index (κ3) is 2.28. The summed E-state index contributed by atoms with van der Waals surface area (Å²) in [5.74, 6) is -0.338. The molecule has 0 unspecified atom stereocenters. The number of aliphatic carboxylic acids is 1. The number of hydrogen-bond donors (Lipinski definition) is 2. The molecule has 4 heteroatoms. The second-order valence-electron chi connectivity index (χ2n) is 4.12. The molecule has 0 fully saturated rings. The number of carboxylic acids is 1. The topological polar surface area (TPSA) is 72.5 Å². The highest BCUT2D eigenvalue weighted by molar-refractivity contribution is 5.88. The van der Waals surface area contributed by atoms with E-state index in [1.54, 1.807) is 7.11 Å². The number of hydrogen-bond acceptors (Lipinski definition) is 3. The Morgan fingerprint density at radius 1 is 1.33 bits per heavy atom. The van der Waals surface area contributed by atoms with Gasteiger partial charge in [0.15, 0.2) is 0 Å². The van der Waals surface area contributed by atoms with E-state index in [2.05, 4.69) is 0 Å². The van der Waals surface area contributed by atoms with Gasteiger partial charge in [-0.15, -0.1) is 0 Å². The van der Waals surface area contributed by atoms with Crippen LogP contribution in [0.4, 0.5) is 0 Å². The molecule has 2 aromatic rings. The van der Waals surface area contributed by atoms with Crippen molar-refractivity contribution in [3.63, 3.8) is 0 Å².